The molecule has 0 saturated carbocycles. The van der Waals surface area contributed by atoms with E-state index in [0.717, 1.165) is 0 Å². The van der Waals surface area contributed by atoms with Crippen molar-refractivity contribution >= 4 is 22.6 Å². The van der Waals surface area contributed by atoms with Crippen molar-refractivity contribution in [2.75, 3.05) is 0 Å². The van der Waals surface area contributed by atoms with Gasteiger partial charge in [0.15, 0.2) is 0 Å². The molecule has 58 valence electrons. The molecule has 0 nitrogen and oxygen atoms in total. The molecule has 0 N–H and O–H groups in total. The van der Waals surface area contributed by atoms with Crippen molar-refractivity contribution in [2.24, 2.45) is 0 Å². The summed E-state index contributed by atoms with van der Waals surface area (Å²) >= 11 is 2.38. The highest BCUT2D eigenvalue weighted by Gasteiger charge is 1.95. The lowest BCUT2D eigenvalue weighted by Crippen LogP contribution is -1.80. The van der Waals surface area contributed by atoms with Gasteiger partial charge in [-0.2, -0.15) is 0 Å². The Morgan fingerprint density at radius 3 is 2.20 bits per heavy atom. The van der Waals surface area contributed by atoms with Crippen LogP contribution in [-0.4, -0.2) is 0 Å². The first-order valence-electron chi connectivity index (χ1n) is 3.73. The molecule has 0 aliphatic carbocycles. The van der Waals surface area contributed by atoms with Crippen LogP contribution in [0.5, 0.6) is 0 Å². The number of hydrogen-bond donors (Lipinski definition) is 0. The van der Waals surface area contributed by atoms with Crippen molar-refractivity contribution in [1.82, 2.24) is 0 Å². The van der Waals surface area contributed by atoms with Crippen LogP contribution in [0.25, 0.3) is 0 Å². The first-order valence-corrected chi connectivity index (χ1v) is 4.81. The van der Waals surface area contributed by atoms with Gasteiger partial charge in [-0.25, -0.2) is 0 Å². The molecule has 0 heterocycles. The summed E-state index contributed by atoms with van der Waals surface area (Å²) in [6.07, 6.45) is 6.80. The van der Waals surface area contributed by atoms with Crippen LogP contribution in [0.3, 0.4) is 0 Å². The van der Waals surface area contributed by atoms with Gasteiger partial charge in [-0.3, -0.25) is 0 Å². The third-order valence-corrected chi connectivity index (χ3v) is 2.74. The predicted octanol–water partition coefficient (Wildman–Crippen LogP) is 4.07. The van der Waals surface area contributed by atoms with Crippen LogP contribution in [0.4, 0.5) is 0 Å². The van der Waals surface area contributed by atoms with E-state index in [9.17, 15) is 0 Å². The molecule has 0 radical (unpaired) electrons. The van der Waals surface area contributed by atoms with Gasteiger partial charge in [-0.1, -0.05) is 25.5 Å². The lowest BCUT2D eigenvalue weighted by molar-refractivity contribution is 0.922. The molecule has 0 unspecified atom stereocenters. The molecule has 0 atom stereocenters. The third kappa shape index (κ3) is 3.40. The summed E-state index contributed by atoms with van der Waals surface area (Å²) in [5.74, 6) is 0. The largest absolute Gasteiger partial charge is 0.0834 e. The first kappa shape index (κ1) is 10.2. The highest BCUT2D eigenvalue weighted by Crippen LogP contribution is 2.21. The van der Waals surface area contributed by atoms with Gasteiger partial charge < -0.3 is 0 Å². The minimum atomic E-state index is 1.21. The second-order valence-electron chi connectivity index (χ2n) is 2.20. The molecule has 0 aliphatic rings. The van der Waals surface area contributed by atoms with Crippen molar-refractivity contribution in [3.05, 3.63) is 21.3 Å². The van der Waals surface area contributed by atoms with Crippen LogP contribution in [0.15, 0.2) is 21.3 Å². The molecule has 0 aromatic carbocycles. The van der Waals surface area contributed by atoms with Gasteiger partial charge in [-0.05, 0) is 48.4 Å². The van der Waals surface area contributed by atoms with Crippen LogP contribution >= 0.6 is 22.6 Å². The summed E-state index contributed by atoms with van der Waals surface area (Å²) in [7, 11) is 0. The zero-order valence-electron chi connectivity index (χ0n) is 6.95. The second kappa shape index (κ2) is 5.96. The number of rotatable bonds is 3. The van der Waals surface area contributed by atoms with Gasteiger partial charge in [0.25, 0.3) is 0 Å². The molecule has 0 saturated heterocycles. The van der Waals surface area contributed by atoms with Gasteiger partial charge in [0.1, 0.15) is 0 Å². The number of hydrogen-bond acceptors (Lipinski definition) is 0. The topological polar surface area (TPSA) is 0 Å². The van der Waals surface area contributed by atoms with Crippen LogP contribution in [0.2, 0.25) is 0 Å². The lowest BCUT2D eigenvalue weighted by Gasteiger charge is -2.01. The summed E-state index contributed by atoms with van der Waals surface area (Å²) < 4.78 is 1.39. The fourth-order valence-electron chi connectivity index (χ4n) is 0.856. The van der Waals surface area contributed by atoms with Gasteiger partial charge >= 0.3 is 0 Å². The van der Waals surface area contributed by atoms with Crippen molar-refractivity contribution in [3.8, 4) is 0 Å². The normalized spacial score (nSPS) is 14.0. The predicted molar refractivity (Wildman–Crippen MR) is 56.4 cm³/mol. The Morgan fingerprint density at radius 1 is 1.30 bits per heavy atom. The van der Waals surface area contributed by atoms with Crippen molar-refractivity contribution < 1.29 is 0 Å². The second-order valence-corrected chi connectivity index (χ2v) is 3.36. The van der Waals surface area contributed by atoms with Crippen LogP contribution in [0.1, 0.15) is 33.6 Å². The molecule has 0 spiro atoms. The molecule has 0 amide bonds. The molecule has 1 heteroatoms. The lowest BCUT2D eigenvalue weighted by atomic mass is 10.1. The Bertz CT molecular complexity index is 143. The minimum Gasteiger partial charge on any atom is -0.0834 e. The summed E-state index contributed by atoms with van der Waals surface area (Å²) in [5.41, 5.74) is 1.48. The highest BCUT2D eigenvalue weighted by molar-refractivity contribution is 14.1. The SMILES string of the molecule is C/C=C(CCC)\C(I)=C/C. The molecular formula is C9H15I. The van der Waals surface area contributed by atoms with E-state index in [0.29, 0.717) is 0 Å². The Hall–Kier alpha value is 0.210. The minimum absolute atomic E-state index is 1.21. The van der Waals surface area contributed by atoms with Gasteiger partial charge in [0.2, 0.25) is 0 Å². The van der Waals surface area contributed by atoms with Crippen molar-refractivity contribution in [2.45, 2.75) is 33.6 Å². The molecule has 0 fully saturated rings. The zero-order valence-corrected chi connectivity index (χ0v) is 9.10. The molecular weight excluding hydrogens is 235 g/mol. The Morgan fingerprint density at radius 2 is 1.90 bits per heavy atom. The van der Waals surface area contributed by atoms with E-state index in [1.807, 2.05) is 0 Å². The third-order valence-electron chi connectivity index (χ3n) is 1.43. The maximum absolute atomic E-state index is 2.38. The van der Waals surface area contributed by atoms with Crippen LogP contribution < -0.4 is 0 Å². The van der Waals surface area contributed by atoms with E-state index < -0.39 is 0 Å². The fraction of sp³-hybridized carbons (Fsp3) is 0.556. The van der Waals surface area contributed by atoms with E-state index in [-0.39, 0.29) is 0 Å². The Balaban J connectivity index is 4.09. The summed E-state index contributed by atoms with van der Waals surface area (Å²) in [5, 5.41) is 0. The van der Waals surface area contributed by atoms with E-state index in [1.165, 1.54) is 22.0 Å². The first-order chi connectivity index (χ1) is 4.76. The Kier molecular flexibility index (Phi) is 6.08. The Labute approximate surface area is 77.5 Å². The van der Waals surface area contributed by atoms with E-state index in [1.54, 1.807) is 0 Å². The van der Waals surface area contributed by atoms with Gasteiger partial charge in [0.05, 0.1) is 0 Å². The number of allylic oxidation sites excluding steroid dienone is 4. The quantitative estimate of drug-likeness (QED) is 0.523. The van der Waals surface area contributed by atoms with E-state index in [4.69, 9.17) is 0 Å². The summed E-state index contributed by atoms with van der Waals surface area (Å²) in [4.78, 5) is 0. The average Bonchev–Trinajstić information content (AvgIpc) is 1.99. The summed E-state index contributed by atoms with van der Waals surface area (Å²) in [6, 6.07) is 0. The molecule has 0 aromatic rings. The smallest absolute Gasteiger partial charge is 0.0116 e. The highest BCUT2D eigenvalue weighted by atomic mass is 127. The maximum Gasteiger partial charge on any atom is 0.0116 e. The summed E-state index contributed by atoms with van der Waals surface area (Å²) in [6.45, 7) is 6.40. The monoisotopic (exact) mass is 250 g/mol. The standard InChI is InChI=1S/C9H15I/c1-4-7-8(5-2)9(10)6-3/h5-6H,4,7H2,1-3H3/b8-5-,9-6+. The average molecular weight is 250 g/mol. The van der Waals surface area contributed by atoms with Gasteiger partial charge in [0, 0.05) is 3.58 Å². The van der Waals surface area contributed by atoms with Crippen molar-refractivity contribution in [3.63, 3.8) is 0 Å². The molecule has 0 aromatic heterocycles. The van der Waals surface area contributed by atoms with Crippen LogP contribution in [0, 0.1) is 0 Å². The van der Waals surface area contributed by atoms with Crippen LogP contribution in [-0.2, 0) is 0 Å². The molecule has 0 bridgehead atoms. The molecule has 0 aliphatic heterocycles. The fourth-order valence-corrected chi connectivity index (χ4v) is 1.44. The molecule has 10 heavy (non-hydrogen) atoms. The van der Waals surface area contributed by atoms with Gasteiger partial charge in [-0.15, -0.1) is 0 Å². The number of halogens is 1. The zero-order chi connectivity index (χ0) is 7.98. The molecule has 0 rings (SSSR count). The van der Waals surface area contributed by atoms with E-state index >= 15 is 0 Å². The maximum atomic E-state index is 2.38. The van der Waals surface area contributed by atoms with Crippen molar-refractivity contribution in [1.29, 1.82) is 0 Å². The van der Waals surface area contributed by atoms with E-state index in [2.05, 4.69) is 55.5 Å².